The van der Waals surface area contributed by atoms with E-state index in [4.69, 9.17) is 9.84 Å². The van der Waals surface area contributed by atoms with Crippen molar-refractivity contribution in [1.29, 1.82) is 0 Å². The maximum Gasteiger partial charge on any atom is 0.306 e. The maximum atomic E-state index is 10.5. The second kappa shape index (κ2) is 2.73. The van der Waals surface area contributed by atoms with E-state index in [0.717, 1.165) is 12.8 Å². The SMILES string of the molecule is CC(C)(C)OC1(CC(=O)O)CC1. The van der Waals surface area contributed by atoms with E-state index in [1.165, 1.54) is 0 Å². The van der Waals surface area contributed by atoms with Crippen LogP contribution in [0.25, 0.3) is 0 Å². The summed E-state index contributed by atoms with van der Waals surface area (Å²) >= 11 is 0. The fourth-order valence-electron chi connectivity index (χ4n) is 1.38. The van der Waals surface area contributed by atoms with Crippen LogP contribution in [0, 0.1) is 0 Å². The summed E-state index contributed by atoms with van der Waals surface area (Å²) in [5.74, 6) is -0.767. The molecule has 1 rings (SSSR count). The molecular weight excluding hydrogens is 156 g/mol. The molecule has 1 fully saturated rings. The lowest BCUT2D eigenvalue weighted by Gasteiger charge is -2.26. The number of rotatable bonds is 3. The van der Waals surface area contributed by atoms with Gasteiger partial charge in [-0.1, -0.05) is 0 Å². The monoisotopic (exact) mass is 172 g/mol. The predicted octanol–water partition coefficient (Wildman–Crippen LogP) is 1.81. The van der Waals surface area contributed by atoms with Gasteiger partial charge in [-0.3, -0.25) is 4.79 Å². The van der Waals surface area contributed by atoms with Gasteiger partial charge in [0, 0.05) is 0 Å². The van der Waals surface area contributed by atoms with Gasteiger partial charge < -0.3 is 9.84 Å². The van der Waals surface area contributed by atoms with Crippen LogP contribution < -0.4 is 0 Å². The molecule has 0 amide bonds. The summed E-state index contributed by atoms with van der Waals surface area (Å²) in [7, 11) is 0. The Bertz CT molecular complexity index is 186. The molecule has 0 aromatic carbocycles. The van der Waals surface area contributed by atoms with E-state index in [0.29, 0.717) is 0 Å². The largest absolute Gasteiger partial charge is 0.481 e. The lowest BCUT2D eigenvalue weighted by atomic mass is 10.1. The van der Waals surface area contributed by atoms with Gasteiger partial charge in [0.25, 0.3) is 0 Å². The summed E-state index contributed by atoms with van der Waals surface area (Å²) in [6, 6.07) is 0. The molecule has 0 aromatic rings. The van der Waals surface area contributed by atoms with Crippen molar-refractivity contribution in [1.82, 2.24) is 0 Å². The second-order valence-electron chi connectivity index (χ2n) is 4.47. The minimum Gasteiger partial charge on any atom is -0.481 e. The van der Waals surface area contributed by atoms with Crippen molar-refractivity contribution in [2.75, 3.05) is 0 Å². The van der Waals surface area contributed by atoms with Crippen LogP contribution in [-0.4, -0.2) is 22.3 Å². The molecule has 0 spiro atoms. The number of carboxylic acids is 1. The Labute approximate surface area is 72.7 Å². The average Bonchev–Trinajstić information content (AvgIpc) is 2.40. The molecule has 70 valence electrons. The zero-order valence-corrected chi connectivity index (χ0v) is 7.89. The maximum absolute atomic E-state index is 10.5. The summed E-state index contributed by atoms with van der Waals surface area (Å²) in [4.78, 5) is 10.5. The van der Waals surface area contributed by atoms with Gasteiger partial charge in [0.15, 0.2) is 0 Å². The van der Waals surface area contributed by atoms with Gasteiger partial charge in [-0.2, -0.15) is 0 Å². The number of carbonyl (C=O) groups is 1. The Kier molecular flexibility index (Phi) is 2.17. The molecule has 0 heterocycles. The Balaban J connectivity index is 2.45. The van der Waals surface area contributed by atoms with Gasteiger partial charge in [0.1, 0.15) is 0 Å². The summed E-state index contributed by atoms with van der Waals surface area (Å²) < 4.78 is 5.67. The van der Waals surface area contributed by atoms with Crippen molar-refractivity contribution in [3.63, 3.8) is 0 Å². The molecule has 0 aliphatic heterocycles. The highest BCUT2D eigenvalue weighted by atomic mass is 16.5. The van der Waals surface area contributed by atoms with Crippen molar-refractivity contribution < 1.29 is 14.6 Å². The van der Waals surface area contributed by atoms with Crippen LogP contribution in [0.4, 0.5) is 0 Å². The van der Waals surface area contributed by atoms with E-state index < -0.39 is 5.97 Å². The highest BCUT2D eigenvalue weighted by molar-refractivity contribution is 5.68. The third-order valence-electron chi connectivity index (χ3n) is 1.80. The quantitative estimate of drug-likeness (QED) is 0.706. The molecule has 1 aliphatic rings. The Hall–Kier alpha value is -0.570. The third-order valence-corrected chi connectivity index (χ3v) is 1.80. The zero-order chi connectivity index (χ0) is 9.41. The first kappa shape index (κ1) is 9.52. The van der Waals surface area contributed by atoms with Crippen molar-refractivity contribution in [2.45, 2.75) is 51.2 Å². The lowest BCUT2D eigenvalue weighted by Crippen LogP contribution is -2.30. The van der Waals surface area contributed by atoms with Crippen LogP contribution in [0.15, 0.2) is 0 Å². The first-order valence-electron chi connectivity index (χ1n) is 4.25. The zero-order valence-electron chi connectivity index (χ0n) is 7.89. The van der Waals surface area contributed by atoms with E-state index in [1.54, 1.807) is 0 Å². The number of ether oxygens (including phenoxy) is 1. The van der Waals surface area contributed by atoms with E-state index in [-0.39, 0.29) is 17.6 Å². The molecule has 0 saturated heterocycles. The standard InChI is InChI=1S/C9H16O3/c1-8(2,3)12-9(4-5-9)6-7(10)11/h4-6H2,1-3H3,(H,10,11). The van der Waals surface area contributed by atoms with Gasteiger partial charge in [0.2, 0.25) is 0 Å². The van der Waals surface area contributed by atoms with Crippen LogP contribution in [0.3, 0.4) is 0 Å². The first-order valence-corrected chi connectivity index (χ1v) is 4.25. The highest BCUT2D eigenvalue weighted by Crippen LogP contribution is 2.45. The highest BCUT2D eigenvalue weighted by Gasteiger charge is 2.48. The summed E-state index contributed by atoms with van der Waals surface area (Å²) in [5.41, 5.74) is -0.573. The Morgan fingerprint density at radius 2 is 2.00 bits per heavy atom. The molecular formula is C9H16O3. The summed E-state index contributed by atoms with van der Waals surface area (Å²) in [5, 5.41) is 8.61. The number of carboxylic acid groups (broad SMARTS) is 1. The third kappa shape index (κ3) is 2.81. The van der Waals surface area contributed by atoms with Crippen molar-refractivity contribution >= 4 is 5.97 Å². The minimum absolute atomic E-state index is 0.143. The Morgan fingerprint density at radius 1 is 1.50 bits per heavy atom. The molecule has 12 heavy (non-hydrogen) atoms. The first-order chi connectivity index (χ1) is 5.33. The fourth-order valence-corrected chi connectivity index (χ4v) is 1.38. The van der Waals surface area contributed by atoms with Crippen LogP contribution in [0.1, 0.15) is 40.0 Å². The molecule has 0 radical (unpaired) electrons. The van der Waals surface area contributed by atoms with Crippen LogP contribution in [0.2, 0.25) is 0 Å². The normalized spacial score (nSPS) is 20.6. The van der Waals surface area contributed by atoms with E-state index in [1.807, 2.05) is 20.8 Å². The average molecular weight is 172 g/mol. The van der Waals surface area contributed by atoms with Gasteiger partial charge >= 0.3 is 5.97 Å². The molecule has 1 aliphatic carbocycles. The molecule has 1 N–H and O–H groups in total. The van der Waals surface area contributed by atoms with E-state index in [2.05, 4.69) is 0 Å². The predicted molar refractivity (Wildman–Crippen MR) is 45.1 cm³/mol. The van der Waals surface area contributed by atoms with Gasteiger partial charge in [-0.25, -0.2) is 0 Å². The molecule has 0 unspecified atom stereocenters. The molecule has 3 nitrogen and oxygen atoms in total. The molecule has 0 aromatic heterocycles. The molecule has 0 atom stereocenters. The number of hydrogen-bond donors (Lipinski definition) is 1. The van der Waals surface area contributed by atoms with Gasteiger partial charge in [0.05, 0.1) is 17.6 Å². The number of aliphatic carboxylic acids is 1. The molecule has 0 bridgehead atoms. The molecule has 3 heteroatoms. The van der Waals surface area contributed by atoms with Crippen molar-refractivity contribution in [3.8, 4) is 0 Å². The van der Waals surface area contributed by atoms with Gasteiger partial charge in [-0.05, 0) is 33.6 Å². The summed E-state index contributed by atoms with van der Waals surface area (Å²) in [6.45, 7) is 5.86. The van der Waals surface area contributed by atoms with E-state index >= 15 is 0 Å². The van der Waals surface area contributed by atoms with Crippen LogP contribution in [-0.2, 0) is 9.53 Å². The Morgan fingerprint density at radius 3 is 2.25 bits per heavy atom. The minimum atomic E-state index is -0.767. The van der Waals surface area contributed by atoms with Crippen molar-refractivity contribution in [3.05, 3.63) is 0 Å². The van der Waals surface area contributed by atoms with Crippen LogP contribution in [0.5, 0.6) is 0 Å². The number of hydrogen-bond acceptors (Lipinski definition) is 2. The van der Waals surface area contributed by atoms with Gasteiger partial charge in [-0.15, -0.1) is 0 Å². The van der Waals surface area contributed by atoms with E-state index in [9.17, 15) is 4.79 Å². The van der Waals surface area contributed by atoms with Crippen molar-refractivity contribution in [2.24, 2.45) is 0 Å². The topological polar surface area (TPSA) is 46.5 Å². The lowest BCUT2D eigenvalue weighted by molar-refractivity contribution is -0.145. The molecule has 1 saturated carbocycles. The summed E-state index contributed by atoms with van der Waals surface area (Å²) in [6.07, 6.45) is 1.91. The van der Waals surface area contributed by atoms with Crippen LogP contribution >= 0.6 is 0 Å². The smallest absolute Gasteiger partial charge is 0.306 e. The second-order valence-corrected chi connectivity index (χ2v) is 4.47. The fraction of sp³-hybridized carbons (Fsp3) is 0.889.